The van der Waals surface area contributed by atoms with Gasteiger partial charge in [0, 0.05) is 5.56 Å². The Hall–Kier alpha value is -1.39. The molecule has 2 rings (SSSR count). The Morgan fingerprint density at radius 3 is 3.00 bits per heavy atom. The summed E-state index contributed by atoms with van der Waals surface area (Å²) >= 11 is 0. The van der Waals surface area contributed by atoms with Gasteiger partial charge in [-0.15, -0.1) is 0 Å². The first kappa shape index (κ1) is 11.1. The zero-order valence-corrected chi connectivity index (χ0v) is 9.42. The molecule has 1 atom stereocenters. The third-order valence-corrected chi connectivity index (χ3v) is 2.73. The molecule has 1 amide bonds. The first-order valence-corrected chi connectivity index (χ1v) is 5.71. The van der Waals surface area contributed by atoms with E-state index in [4.69, 9.17) is 0 Å². The summed E-state index contributed by atoms with van der Waals surface area (Å²) in [6.45, 7) is 3.10. The lowest BCUT2D eigenvalue weighted by molar-refractivity contribution is 0.0901. The molecule has 0 bridgehead atoms. The number of hydrazine groups is 1. The largest absolute Gasteiger partial charge is 0.297 e. The van der Waals surface area contributed by atoms with Crippen LogP contribution in [-0.2, 0) is 0 Å². The van der Waals surface area contributed by atoms with Crippen LogP contribution in [0, 0.1) is 0 Å². The van der Waals surface area contributed by atoms with E-state index in [-0.39, 0.29) is 12.1 Å². The van der Waals surface area contributed by atoms with Crippen LogP contribution >= 0.6 is 0 Å². The van der Waals surface area contributed by atoms with Gasteiger partial charge < -0.3 is 0 Å². The van der Waals surface area contributed by atoms with Gasteiger partial charge in [0.05, 0.1) is 0 Å². The smallest absolute Gasteiger partial charge is 0.265 e. The van der Waals surface area contributed by atoms with Crippen molar-refractivity contribution in [3.05, 3.63) is 35.4 Å². The fourth-order valence-electron chi connectivity index (χ4n) is 1.82. The standard InChI is InChI=1S/C12H17N3O/c1-2-3-8-13-11-9-6-4-5-7-10(9)12(16)15-14-11/h4-7,11,13-14H,2-3,8H2,1H3,(H,15,16). The maximum atomic E-state index is 11.6. The zero-order valence-electron chi connectivity index (χ0n) is 9.42. The molecule has 1 aromatic rings. The molecule has 1 aromatic carbocycles. The molecule has 0 saturated heterocycles. The van der Waals surface area contributed by atoms with Crippen molar-refractivity contribution in [2.75, 3.05) is 6.54 Å². The number of nitrogens with one attached hydrogen (secondary N) is 3. The highest BCUT2D eigenvalue weighted by Crippen LogP contribution is 2.18. The molecule has 0 aliphatic carbocycles. The molecule has 0 aromatic heterocycles. The molecule has 0 fully saturated rings. The van der Waals surface area contributed by atoms with Gasteiger partial charge in [0.25, 0.3) is 5.91 Å². The fraction of sp³-hybridized carbons (Fsp3) is 0.417. The highest BCUT2D eigenvalue weighted by Gasteiger charge is 2.23. The predicted molar refractivity (Wildman–Crippen MR) is 62.7 cm³/mol. The van der Waals surface area contributed by atoms with Gasteiger partial charge in [0.15, 0.2) is 0 Å². The molecule has 4 heteroatoms. The number of unbranched alkanes of at least 4 members (excludes halogenated alkanes) is 1. The number of hydrogen-bond acceptors (Lipinski definition) is 3. The maximum absolute atomic E-state index is 11.6. The van der Waals surface area contributed by atoms with Crippen LogP contribution in [0.1, 0.15) is 41.9 Å². The van der Waals surface area contributed by atoms with E-state index >= 15 is 0 Å². The van der Waals surface area contributed by atoms with Crippen LogP contribution < -0.4 is 16.2 Å². The Balaban J connectivity index is 2.12. The van der Waals surface area contributed by atoms with E-state index in [2.05, 4.69) is 23.1 Å². The second-order valence-corrected chi connectivity index (χ2v) is 3.93. The molecule has 3 N–H and O–H groups in total. The number of fused-ring (bicyclic) bond motifs is 1. The fourth-order valence-corrected chi connectivity index (χ4v) is 1.82. The SMILES string of the molecule is CCCCNC1NNC(=O)c2ccccc21. The first-order valence-electron chi connectivity index (χ1n) is 5.71. The third-order valence-electron chi connectivity index (χ3n) is 2.73. The first-order chi connectivity index (χ1) is 7.83. The van der Waals surface area contributed by atoms with E-state index in [1.807, 2.05) is 24.3 Å². The number of benzene rings is 1. The van der Waals surface area contributed by atoms with Crippen LogP contribution in [-0.4, -0.2) is 12.5 Å². The van der Waals surface area contributed by atoms with E-state index in [9.17, 15) is 4.79 Å². The quantitative estimate of drug-likeness (QED) is 0.669. The van der Waals surface area contributed by atoms with Crippen LogP contribution in [0.5, 0.6) is 0 Å². The van der Waals surface area contributed by atoms with E-state index in [0.29, 0.717) is 0 Å². The summed E-state index contributed by atoms with van der Waals surface area (Å²) in [5, 5.41) is 3.37. The second kappa shape index (κ2) is 5.09. The average molecular weight is 219 g/mol. The highest BCUT2D eigenvalue weighted by molar-refractivity contribution is 5.96. The molecule has 16 heavy (non-hydrogen) atoms. The lowest BCUT2D eigenvalue weighted by Crippen LogP contribution is -2.50. The molecule has 1 heterocycles. The lowest BCUT2D eigenvalue weighted by atomic mass is 10.0. The molecule has 1 aliphatic heterocycles. The van der Waals surface area contributed by atoms with Crippen molar-refractivity contribution in [2.24, 2.45) is 0 Å². The number of hydrogen-bond donors (Lipinski definition) is 3. The summed E-state index contributed by atoms with van der Waals surface area (Å²) < 4.78 is 0. The van der Waals surface area contributed by atoms with Gasteiger partial charge in [-0.3, -0.25) is 15.5 Å². The summed E-state index contributed by atoms with van der Waals surface area (Å²) in [5.74, 6) is -0.0656. The van der Waals surface area contributed by atoms with Crippen molar-refractivity contribution in [3.63, 3.8) is 0 Å². The highest BCUT2D eigenvalue weighted by atomic mass is 16.2. The van der Waals surface area contributed by atoms with Crippen molar-refractivity contribution in [1.29, 1.82) is 0 Å². The van der Waals surface area contributed by atoms with Gasteiger partial charge in [-0.1, -0.05) is 31.5 Å². The molecule has 4 nitrogen and oxygen atoms in total. The van der Waals surface area contributed by atoms with Crippen molar-refractivity contribution in [2.45, 2.75) is 25.9 Å². The zero-order chi connectivity index (χ0) is 11.4. The molecule has 0 radical (unpaired) electrons. The average Bonchev–Trinajstić information content (AvgIpc) is 2.33. The van der Waals surface area contributed by atoms with Crippen LogP contribution in [0.2, 0.25) is 0 Å². The van der Waals surface area contributed by atoms with Crippen LogP contribution in [0.25, 0.3) is 0 Å². The van der Waals surface area contributed by atoms with Gasteiger partial charge in [-0.05, 0) is 24.6 Å². The minimum Gasteiger partial charge on any atom is -0.297 e. The topological polar surface area (TPSA) is 53.2 Å². The van der Waals surface area contributed by atoms with Crippen LogP contribution in [0.3, 0.4) is 0 Å². The van der Waals surface area contributed by atoms with Gasteiger partial charge in [-0.2, -0.15) is 0 Å². The molecule has 1 aliphatic rings. The van der Waals surface area contributed by atoms with Gasteiger partial charge in [0.2, 0.25) is 0 Å². The van der Waals surface area contributed by atoms with Crippen molar-refractivity contribution < 1.29 is 4.79 Å². The van der Waals surface area contributed by atoms with Crippen molar-refractivity contribution in [3.8, 4) is 0 Å². The van der Waals surface area contributed by atoms with Crippen LogP contribution in [0.4, 0.5) is 0 Å². The molecular formula is C12H17N3O. The lowest BCUT2D eigenvalue weighted by Gasteiger charge is -2.27. The number of amides is 1. The minimum absolute atomic E-state index is 0.0143. The van der Waals surface area contributed by atoms with Gasteiger partial charge >= 0.3 is 0 Å². The van der Waals surface area contributed by atoms with Gasteiger partial charge in [-0.25, -0.2) is 5.43 Å². The molecule has 0 saturated carbocycles. The van der Waals surface area contributed by atoms with E-state index in [1.165, 1.54) is 0 Å². The molecule has 0 spiro atoms. The third kappa shape index (κ3) is 2.23. The van der Waals surface area contributed by atoms with Crippen molar-refractivity contribution >= 4 is 5.91 Å². The number of carbonyl (C=O) groups is 1. The molecular weight excluding hydrogens is 202 g/mol. The Bertz CT molecular complexity index is 378. The number of carbonyl (C=O) groups excluding carboxylic acids is 1. The van der Waals surface area contributed by atoms with Crippen molar-refractivity contribution in [1.82, 2.24) is 16.2 Å². The number of rotatable bonds is 4. The van der Waals surface area contributed by atoms with E-state index in [0.717, 1.165) is 30.5 Å². The monoisotopic (exact) mass is 219 g/mol. The second-order valence-electron chi connectivity index (χ2n) is 3.93. The van der Waals surface area contributed by atoms with E-state index < -0.39 is 0 Å². The summed E-state index contributed by atoms with van der Waals surface area (Å²) in [4.78, 5) is 11.6. The Morgan fingerprint density at radius 2 is 2.19 bits per heavy atom. The predicted octanol–water partition coefficient (Wildman–Crippen LogP) is 1.32. The van der Waals surface area contributed by atoms with Gasteiger partial charge in [0.1, 0.15) is 6.17 Å². The Kier molecular flexibility index (Phi) is 3.54. The normalized spacial score (nSPS) is 19.1. The van der Waals surface area contributed by atoms with Crippen LogP contribution in [0.15, 0.2) is 24.3 Å². The Labute approximate surface area is 95.4 Å². The summed E-state index contributed by atoms with van der Waals surface area (Å²) in [5.41, 5.74) is 7.40. The molecule has 1 unspecified atom stereocenters. The summed E-state index contributed by atoms with van der Waals surface area (Å²) in [7, 11) is 0. The maximum Gasteiger partial charge on any atom is 0.265 e. The molecule has 86 valence electrons. The minimum atomic E-state index is -0.0656. The summed E-state index contributed by atoms with van der Waals surface area (Å²) in [6.07, 6.45) is 2.31. The Morgan fingerprint density at radius 1 is 1.38 bits per heavy atom. The summed E-state index contributed by atoms with van der Waals surface area (Å²) in [6, 6.07) is 7.66. The van der Waals surface area contributed by atoms with E-state index in [1.54, 1.807) is 0 Å².